The van der Waals surface area contributed by atoms with Gasteiger partial charge in [0.05, 0.1) is 12.1 Å². The smallest absolute Gasteiger partial charge is 0.228 e. The first kappa shape index (κ1) is 20.6. The second kappa shape index (κ2) is 9.04. The molecule has 4 aromatic rings. The highest BCUT2D eigenvalue weighted by Gasteiger charge is 2.28. The summed E-state index contributed by atoms with van der Waals surface area (Å²) in [6, 6.07) is 11.7. The average Bonchev–Trinajstić information content (AvgIpc) is 3.46. The van der Waals surface area contributed by atoms with Crippen LogP contribution in [-0.4, -0.2) is 43.5 Å². The number of pyridine rings is 1. The highest BCUT2D eigenvalue weighted by molar-refractivity contribution is 7.09. The summed E-state index contributed by atoms with van der Waals surface area (Å²) >= 11 is 1.46. The zero-order valence-electron chi connectivity index (χ0n) is 17.4. The van der Waals surface area contributed by atoms with Gasteiger partial charge in [-0.2, -0.15) is 0 Å². The van der Waals surface area contributed by atoms with Crippen LogP contribution in [0.15, 0.2) is 54.0 Å². The fourth-order valence-corrected chi connectivity index (χ4v) is 4.70. The number of hydrogen-bond acceptors (Lipinski definition) is 6. The van der Waals surface area contributed by atoms with E-state index >= 15 is 0 Å². The van der Waals surface area contributed by atoms with E-state index in [4.69, 9.17) is 4.74 Å². The number of rotatable bonds is 6. The Morgan fingerprint density at radius 1 is 1.19 bits per heavy atom. The number of ether oxygens (including phenoxy) is 1. The monoisotopic (exact) mass is 451 g/mol. The van der Waals surface area contributed by atoms with Crippen LogP contribution in [0, 0.1) is 5.82 Å². The number of nitrogens with zero attached hydrogens (tertiary/aromatic N) is 5. The number of piperidine rings is 1. The van der Waals surface area contributed by atoms with Crippen molar-refractivity contribution in [3.8, 4) is 5.75 Å². The normalized spacial score (nSPS) is 16.4. The molecule has 1 saturated heterocycles. The molecule has 0 N–H and O–H groups in total. The lowest BCUT2D eigenvalue weighted by molar-refractivity contribution is -0.131. The van der Waals surface area contributed by atoms with Crippen LogP contribution in [0.1, 0.15) is 35.3 Å². The fraction of sp³-hybridized carbons (Fsp3) is 0.304. The van der Waals surface area contributed by atoms with Crippen LogP contribution in [-0.2, 0) is 17.8 Å². The van der Waals surface area contributed by atoms with E-state index in [1.165, 1.54) is 23.5 Å². The summed E-state index contributed by atoms with van der Waals surface area (Å²) in [4.78, 5) is 19.4. The van der Waals surface area contributed by atoms with E-state index in [1.807, 2.05) is 39.1 Å². The number of aromatic nitrogens is 4. The summed E-state index contributed by atoms with van der Waals surface area (Å²) in [7, 11) is 0. The van der Waals surface area contributed by atoms with Crippen molar-refractivity contribution in [3.63, 3.8) is 0 Å². The predicted molar refractivity (Wildman–Crippen MR) is 118 cm³/mol. The molecule has 0 spiro atoms. The Kier molecular flexibility index (Phi) is 5.81. The van der Waals surface area contributed by atoms with Gasteiger partial charge in [-0.1, -0.05) is 6.07 Å². The number of amides is 1. The summed E-state index contributed by atoms with van der Waals surface area (Å²) in [5, 5.41) is 11.3. The number of likely N-dealkylation sites (tertiary alicyclic amines) is 1. The molecule has 9 heteroatoms. The number of carbonyl (C=O) groups excluding carboxylic acids is 1. The van der Waals surface area contributed by atoms with E-state index in [0.29, 0.717) is 12.3 Å². The van der Waals surface area contributed by atoms with Crippen LogP contribution in [0.4, 0.5) is 4.39 Å². The van der Waals surface area contributed by atoms with E-state index in [2.05, 4.69) is 15.2 Å². The molecule has 1 atom stereocenters. The molecule has 0 bridgehead atoms. The lowest BCUT2D eigenvalue weighted by Crippen LogP contribution is -2.40. The van der Waals surface area contributed by atoms with Gasteiger partial charge in [-0.15, -0.1) is 21.5 Å². The van der Waals surface area contributed by atoms with Crippen molar-refractivity contribution in [1.29, 1.82) is 0 Å². The molecule has 1 amide bonds. The third-order valence-corrected chi connectivity index (χ3v) is 6.46. The van der Waals surface area contributed by atoms with Gasteiger partial charge in [-0.3, -0.25) is 9.20 Å². The van der Waals surface area contributed by atoms with Crippen LogP contribution in [0.25, 0.3) is 5.65 Å². The van der Waals surface area contributed by atoms with E-state index in [1.54, 1.807) is 12.1 Å². The maximum atomic E-state index is 13.0. The number of hydrogen-bond donors (Lipinski definition) is 0. The minimum atomic E-state index is -0.301. The van der Waals surface area contributed by atoms with Gasteiger partial charge < -0.3 is 9.64 Å². The second-order valence-electron chi connectivity index (χ2n) is 7.82. The van der Waals surface area contributed by atoms with Crippen molar-refractivity contribution < 1.29 is 13.9 Å². The molecular formula is C23H22FN5O2S. The van der Waals surface area contributed by atoms with E-state index in [9.17, 15) is 9.18 Å². The van der Waals surface area contributed by atoms with Crippen molar-refractivity contribution in [2.75, 3.05) is 13.1 Å². The van der Waals surface area contributed by atoms with Crippen molar-refractivity contribution in [2.45, 2.75) is 31.8 Å². The van der Waals surface area contributed by atoms with Gasteiger partial charge in [-0.25, -0.2) is 9.37 Å². The number of fused-ring (bicyclic) bond motifs is 1. The summed E-state index contributed by atoms with van der Waals surface area (Å²) < 4.78 is 20.6. The first-order valence-electron chi connectivity index (χ1n) is 10.5. The van der Waals surface area contributed by atoms with Gasteiger partial charge in [0.1, 0.15) is 29.0 Å². The molecule has 1 aromatic carbocycles. The van der Waals surface area contributed by atoms with Gasteiger partial charge in [0.25, 0.3) is 0 Å². The van der Waals surface area contributed by atoms with Crippen LogP contribution in [0.3, 0.4) is 0 Å². The molecular weight excluding hydrogens is 429 g/mol. The van der Waals surface area contributed by atoms with Crippen LogP contribution >= 0.6 is 11.3 Å². The van der Waals surface area contributed by atoms with Crippen LogP contribution < -0.4 is 4.74 Å². The number of halogens is 1. The van der Waals surface area contributed by atoms with Crippen LogP contribution in [0.2, 0.25) is 0 Å². The highest BCUT2D eigenvalue weighted by Crippen LogP contribution is 2.26. The quantitative estimate of drug-likeness (QED) is 0.445. The van der Waals surface area contributed by atoms with Crippen molar-refractivity contribution in [2.24, 2.45) is 0 Å². The topological polar surface area (TPSA) is 72.6 Å². The largest absolute Gasteiger partial charge is 0.486 e. The molecule has 164 valence electrons. The minimum absolute atomic E-state index is 0.0693. The van der Waals surface area contributed by atoms with E-state index in [-0.39, 0.29) is 30.7 Å². The van der Waals surface area contributed by atoms with Crippen molar-refractivity contribution >= 4 is 22.9 Å². The lowest BCUT2D eigenvalue weighted by Gasteiger charge is -2.32. The zero-order valence-corrected chi connectivity index (χ0v) is 18.2. The maximum Gasteiger partial charge on any atom is 0.228 e. The minimum Gasteiger partial charge on any atom is -0.486 e. The summed E-state index contributed by atoms with van der Waals surface area (Å²) in [5.41, 5.74) is 1.57. The van der Waals surface area contributed by atoms with Gasteiger partial charge >= 0.3 is 0 Å². The van der Waals surface area contributed by atoms with Gasteiger partial charge in [-0.05, 0) is 49.2 Å². The Morgan fingerprint density at radius 2 is 2.06 bits per heavy atom. The van der Waals surface area contributed by atoms with Crippen LogP contribution in [0.5, 0.6) is 5.75 Å². The van der Waals surface area contributed by atoms with E-state index < -0.39 is 0 Å². The van der Waals surface area contributed by atoms with Crippen molar-refractivity contribution in [3.05, 3.63) is 76.4 Å². The Balaban J connectivity index is 1.19. The molecule has 1 fully saturated rings. The molecule has 1 aliphatic heterocycles. The third kappa shape index (κ3) is 4.47. The molecule has 7 nitrogen and oxygen atoms in total. The molecule has 5 rings (SSSR count). The zero-order chi connectivity index (χ0) is 21.9. The molecule has 0 radical (unpaired) electrons. The predicted octanol–water partition coefficient (Wildman–Crippen LogP) is 3.85. The first-order valence-corrected chi connectivity index (χ1v) is 11.4. The Bertz CT molecular complexity index is 1220. The molecule has 1 unspecified atom stereocenters. The Morgan fingerprint density at radius 3 is 2.94 bits per heavy atom. The second-order valence-corrected chi connectivity index (χ2v) is 8.76. The average molecular weight is 452 g/mol. The number of carbonyl (C=O) groups is 1. The third-order valence-electron chi connectivity index (χ3n) is 5.59. The lowest BCUT2D eigenvalue weighted by atomic mass is 9.97. The number of benzene rings is 1. The first-order chi connectivity index (χ1) is 15.7. The Hall–Kier alpha value is -3.33. The highest BCUT2D eigenvalue weighted by atomic mass is 32.1. The molecule has 1 aliphatic rings. The standard InChI is InChI=1S/C23H22FN5O2S/c24-17-6-8-19(9-7-17)31-14-21-25-18(15-32-21)12-22(30)28-10-3-4-16(13-28)23-27-26-20-5-1-2-11-29(20)23/h1-2,5-9,11,15-16H,3-4,10,12-14H2. The maximum absolute atomic E-state index is 13.0. The van der Waals surface area contributed by atoms with E-state index in [0.717, 1.165) is 41.6 Å². The molecule has 4 heterocycles. The van der Waals surface area contributed by atoms with Gasteiger partial charge in [0, 0.05) is 30.6 Å². The molecule has 0 aliphatic carbocycles. The molecule has 3 aromatic heterocycles. The molecule has 0 saturated carbocycles. The SMILES string of the molecule is O=C(Cc1csc(COc2ccc(F)cc2)n1)N1CCCC(c2nnc3ccccn23)C1. The molecule has 32 heavy (non-hydrogen) atoms. The van der Waals surface area contributed by atoms with Gasteiger partial charge in [0.2, 0.25) is 5.91 Å². The van der Waals surface area contributed by atoms with Gasteiger partial charge in [0.15, 0.2) is 5.65 Å². The summed E-state index contributed by atoms with van der Waals surface area (Å²) in [5.74, 6) is 1.43. The summed E-state index contributed by atoms with van der Waals surface area (Å²) in [6.07, 6.45) is 4.16. The fourth-order valence-electron chi connectivity index (χ4n) is 3.99. The summed E-state index contributed by atoms with van der Waals surface area (Å²) in [6.45, 7) is 1.67. The number of thiazole rings is 1. The van der Waals surface area contributed by atoms with Crippen molar-refractivity contribution in [1.82, 2.24) is 24.5 Å². The Labute approximate surface area is 188 Å².